The summed E-state index contributed by atoms with van der Waals surface area (Å²) in [5, 5.41) is 3.71. The highest BCUT2D eigenvalue weighted by Gasteiger charge is 2.42. The van der Waals surface area contributed by atoms with Crippen molar-refractivity contribution in [1.82, 2.24) is 19.9 Å². The minimum atomic E-state index is -0.808. The van der Waals surface area contributed by atoms with E-state index in [4.69, 9.17) is 11.6 Å². The van der Waals surface area contributed by atoms with E-state index < -0.39 is 23.0 Å². The van der Waals surface area contributed by atoms with Crippen molar-refractivity contribution in [2.45, 2.75) is 37.8 Å². The predicted octanol–water partition coefficient (Wildman–Crippen LogP) is 3.34. The van der Waals surface area contributed by atoms with E-state index in [1.807, 2.05) is 0 Å². The first-order chi connectivity index (χ1) is 13.4. The van der Waals surface area contributed by atoms with Crippen LogP contribution in [-0.2, 0) is 10.3 Å². The Morgan fingerprint density at radius 1 is 1.29 bits per heavy atom. The van der Waals surface area contributed by atoms with E-state index in [-0.39, 0.29) is 11.3 Å². The quantitative estimate of drug-likeness (QED) is 0.728. The number of aromatic nitrogens is 3. The lowest BCUT2D eigenvalue weighted by molar-refractivity contribution is -0.127. The number of hydrogen-bond donors (Lipinski definition) is 1. The van der Waals surface area contributed by atoms with Gasteiger partial charge in [0, 0.05) is 6.20 Å². The molecule has 1 amide bonds. The molecule has 2 aromatic heterocycles. The number of benzene rings is 1. The summed E-state index contributed by atoms with van der Waals surface area (Å²) in [4.78, 5) is 34.2. The number of pyridine rings is 1. The number of nitrogens with zero attached hydrogens (tertiary/aromatic N) is 3. The zero-order valence-corrected chi connectivity index (χ0v) is 15.9. The maximum atomic E-state index is 13.5. The number of fused-ring (bicyclic) bond motifs is 1. The van der Waals surface area contributed by atoms with Crippen LogP contribution in [0.3, 0.4) is 0 Å². The monoisotopic (exact) mass is 400 g/mol. The van der Waals surface area contributed by atoms with Gasteiger partial charge in [0.25, 0.3) is 5.56 Å². The van der Waals surface area contributed by atoms with Gasteiger partial charge in [-0.2, -0.15) is 0 Å². The molecular formula is C20H18ClFN4O2. The highest BCUT2D eigenvalue weighted by Crippen LogP contribution is 2.40. The second-order valence-electron chi connectivity index (χ2n) is 7.08. The molecule has 0 saturated heterocycles. The van der Waals surface area contributed by atoms with Gasteiger partial charge in [-0.25, -0.2) is 9.37 Å². The van der Waals surface area contributed by atoms with E-state index in [1.165, 1.54) is 23.0 Å². The number of hydrogen-bond acceptors (Lipinski definition) is 4. The van der Waals surface area contributed by atoms with Crippen molar-refractivity contribution in [3.63, 3.8) is 0 Å². The van der Waals surface area contributed by atoms with E-state index in [0.717, 1.165) is 31.0 Å². The summed E-state index contributed by atoms with van der Waals surface area (Å²) >= 11 is 5.91. The first kappa shape index (κ1) is 18.6. The third-order valence-corrected chi connectivity index (χ3v) is 5.55. The summed E-state index contributed by atoms with van der Waals surface area (Å²) in [5.41, 5.74) is 0.112. The Balaban J connectivity index is 1.63. The number of carbonyl (C=O) groups is 1. The molecule has 1 unspecified atom stereocenters. The molecule has 0 aliphatic heterocycles. The van der Waals surface area contributed by atoms with Crippen molar-refractivity contribution in [3.8, 4) is 0 Å². The topological polar surface area (TPSA) is 76.9 Å². The molecule has 28 heavy (non-hydrogen) atoms. The Labute approximate surface area is 165 Å². The molecule has 6 nitrogen and oxygen atoms in total. The van der Waals surface area contributed by atoms with E-state index in [2.05, 4.69) is 15.3 Å². The Bertz CT molecular complexity index is 1110. The van der Waals surface area contributed by atoms with Crippen LogP contribution in [-0.4, -0.2) is 20.4 Å². The third-order valence-electron chi connectivity index (χ3n) is 5.33. The fraction of sp³-hybridized carbons (Fsp3) is 0.300. The van der Waals surface area contributed by atoms with Crippen molar-refractivity contribution in [3.05, 3.63) is 69.7 Å². The van der Waals surface area contributed by atoms with Crippen LogP contribution >= 0.6 is 11.6 Å². The zero-order valence-electron chi connectivity index (χ0n) is 15.2. The zero-order chi connectivity index (χ0) is 19.9. The average Bonchev–Trinajstić information content (AvgIpc) is 2.65. The highest BCUT2D eigenvalue weighted by atomic mass is 35.5. The summed E-state index contributed by atoms with van der Waals surface area (Å²) < 4.78 is 14.7. The van der Waals surface area contributed by atoms with Crippen molar-refractivity contribution >= 4 is 28.4 Å². The molecule has 1 saturated carbocycles. The van der Waals surface area contributed by atoms with E-state index in [9.17, 15) is 14.0 Å². The molecular weight excluding hydrogens is 383 g/mol. The largest absolute Gasteiger partial charge is 0.343 e. The molecule has 1 atom stereocenters. The van der Waals surface area contributed by atoms with Gasteiger partial charge in [0.2, 0.25) is 5.91 Å². The Hall–Kier alpha value is -2.80. The predicted molar refractivity (Wildman–Crippen MR) is 104 cm³/mol. The van der Waals surface area contributed by atoms with Gasteiger partial charge < -0.3 is 5.32 Å². The molecule has 4 rings (SSSR count). The first-order valence-corrected chi connectivity index (χ1v) is 9.38. The van der Waals surface area contributed by atoms with Gasteiger partial charge in [-0.05, 0) is 56.5 Å². The van der Waals surface area contributed by atoms with Crippen molar-refractivity contribution in [2.24, 2.45) is 0 Å². The number of amides is 1. The van der Waals surface area contributed by atoms with Crippen LogP contribution in [0.15, 0.2) is 47.7 Å². The normalized spacial score (nSPS) is 16.4. The second-order valence-corrected chi connectivity index (χ2v) is 7.52. The van der Waals surface area contributed by atoms with Crippen LogP contribution in [0.5, 0.6) is 0 Å². The van der Waals surface area contributed by atoms with Crippen LogP contribution in [0.1, 0.15) is 37.9 Å². The minimum absolute atomic E-state index is 0.139. The van der Waals surface area contributed by atoms with Gasteiger partial charge in [-0.3, -0.25) is 19.1 Å². The summed E-state index contributed by atoms with van der Waals surface area (Å²) in [5.74, 6) is -0.848. The van der Waals surface area contributed by atoms with Crippen LogP contribution in [0.4, 0.5) is 4.39 Å². The van der Waals surface area contributed by atoms with Gasteiger partial charge in [0.15, 0.2) is 0 Å². The van der Waals surface area contributed by atoms with Crippen molar-refractivity contribution in [1.29, 1.82) is 0 Å². The van der Waals surface area contributed by atoms with E-state index in [1.54, 1.807) is 25.3 Å². The maximum absolute atomic E-state index is 13.5. The molecule has 144 valence electrons. The van der Waals surface area contributed by atoms with Gasteiger partial charge in [-0.1, -0.05) is 11.6 Å². The van der Waals surface area contributed by atoms with E-state index >= 15 is 0 Å². The van der Waals surface area contributed by atoms with Crippen LogP contribution in [0.25, 0.3) is 10.9 Å². The Morgan fingerprint density at radius 2 is 2.07 bits per heavy atom. The SMILES string of the molecule is CC(C(=O)NC1(c2ccc(Cl)cn2)CCC1)n1cnc2ccc(F)cc2c1=O. The lowest BCUT2D eigenvalue weighted by atomic mass is 9.74. The molecule has 1 aromatic carbocycles. The van der Waals surface area contributed by atoms with Crippen LogP contribution in [0.2, 0.25) is 5.02 Å². The summed E-state index contributed by atoms with van der Waals surface area (Å²) in [6.45, 7) is 1.62. The molecule has 8 heteroatoms. The highest BCUT2D eigenvalue weighted by molar-refractivity contribution is 6.30. The van der Waals surface area contributed by atoms with Gasteiger partial charge in [0.05, 0.1) is 33.5 Å². The molecule has 1 N–H and O–H groups in total. The summed E-state index contributed by atoms with van der Waals surface area (Å²) in [6.07, 6.45) is 5.36. The minimum Gasteiger partial charge on any atom is -0.343 e. The maximum Gasteiger partial charge on any atom is 0.262 e. The van der Waals surface area contributed by atoms with Gasteiger partial charge >= 0.3 is 0 Å². The van der Waals surface area contributed by atoms with Crippen molar-refractivity contribution < 1.29 is 9.18 Å². The lowest BCUT2D eigenvalue weighted by Crippen LogP contribution is -2.53. The summed E-state index contributed by atoms with van der Waals surface area (Å²) in [7, 11) is 0. The fourth-order valence-corrected chi connectivity index (χ4v) is 3.60. The smallest absolute Gasteiger partial charge is 0.262 e. The molecule has 0 bridgehead atoms. The third kappa shape index (κ3) is 3.16. The summed E-state index contributed by atoms with van der Waals surface area (Å²) in [6, 6.07) is 6.56. The first-order valence-electron chi connectivity index (χ1n) is 9.00. The van der Waals surface area contributed by atoms with Gasteiger partial charge in [-0.15, -0.1) is 0 Å². The number of rotatable bonds is 4. The average molecular weight is 401 g/mol. The fourth-order valence-electron chi connectivity index (χ4n) is 3.48. The Kier molecular flexibility index (Phi) is 4.63. The molecule has 0 spiro atoms. The van der Waals surface area contributed by atoms with Gasteiger partial charge in [0.1, 0.15) is 11.9 Å². The number of carbonyl (C=O) groups excluding carboxylic acids is 1. The van der Waals surface area contributed by atoms with E-state index in [0.29, 0.717) is 10.5 Å². The molecule has 0 radical (unpaired) electrons. The lowest BCUT2D eigenvalue weighted by Gasteiger charge is -2.42. The molecule has 1 aliphatic rings. The number of halogens is 2. The number of nitrogens with one attached hydrogen (secondary N) is 1. The second kappa shape index (κ2) is 6.98. The molecule has 3 aromatic rings. The van der Waals surface area contributed by atoms with Crippen molar-refractivity contribution in [2.75, 3.05) is 0 Å². The van der Waals surface area contributed by atoms with Crippen LogP contribution in [0, 0.1) is 5.82 Å². The molecule has 1 aliphatic carbocycles. The Morgan fingerprint density at radius 3 is 2.71 bits per heavy atom. The molecule has 1 fully saturated rings. The van der Waals surface area contributed by atoms with Crippen LogP contribution < -0.4 is 10.9 Å². The molecule has 2 heterocycles. The standard InChI is InChI=1S/C20H18ClFN4O2/c1-12(26-11-24-16-5-4-14(22)9-15(16)19(26)28)18(27)25-20(7-2-8-20)17-6-3-13(21)10-23-17/h3-6,9-12H,2,7-8H2,1H3,(H,25,27).